The number of benzene rings is 1. The van der Waals surface area contributed by atoms with Crippen LogP contribution in [0, 0.1) is 12.8 Å². The zero-order valence-electron chi connectivity index (χ0n) is 15.5. The average molecular weight is 332 g/mol. The Labute approximate surface area is 146 Å². The summed E-state index contributed by atoms with van der Waals surface area (Å²) in [5.74, 6) is 0.516. The molecular formula is C20H32N2O2. The number of hydrogen-bond donors (Lipinski definition) is 2. The molecule has 4 heteroatoms. The molecule has 4 nitrogen and oxygen atoms in total. The predicted octanol–water partition coefficient (Wildman–Crippen LogP) is 3.82. The number of aryl methyl sites for hydroxylation is 2. The van der Waals surface area contributed by atoms with Crippen LogP contribution in [0.4, 0.5) is 4.79 Å². The molecule has 24 heavy (non-hydrogen) atoms. The van der Waals surface area contributed by atoms with Crippen molar-refractivity contribution in [1.82, 2.24) is 10.6 Å². The van der Waals surface area contributed by atoms with E-state index in [0.717, 1.165) is 38.8 Å². The molecular weight excluding hydrogens is 300 g/mol. The number of hydrogen-bond acceptors (Lipinski definition) is 3. The minimum atomic E-state index is -0.452. The Morgan fingerprint density at radius 3 is 2.79 bits per heavy atom. The molecule has 2 atom stereocenters. The molecule has 1 saturated heterocycles. The number of carbonyl (C=O) groups excluding carboxylic acids is 1. The molecule has 2 unspecified atom stereocenters. The Kier molecular flexibility index (Phi) is 6.67. The smallest absolute Gasteiger partial charge is 0.407 e. The van der Waals surface area contributed by atoms with Crippen molar-refractivity contribution in [3.63, 3.8) is 0 Å². The largest absolute Gasteiger partial charge is 0.444 e. The molecule has 0 saturated carbocycles. The van der Waals surface area contributed by atoms with Crippen LogP contribution in [0.15, 0.2) is 24.3 Å². The number of rotatable bonds is 5. The van der Waals surface area contributed by atoms with Crippen molar-refractivity contribution in [3.8, 4) is 0 Å². The van der Waals surface area contributed by atoms with Gasteiger partial charge >= 0.3 is 6.09 Å². The molecule has 1 heterocycles. The number of carbonyl (C=O) groups is 1. The molecule has 1 aliphatic heterocycles. The van der Waals surface area contributed by atoms with Gasteiger partial charge in [-0.1, -0.05) is 24.3 Å². The van der Waals surface area contributed by atoms with Gasteiger partial charge in [-0.05, 0) is 77.0 Å². The van der Waals surface area contributed by atoms with Crippen molar-refractivity contribution < 1.29 is 9.53 Å². The molecule has 0 aliphatic carbocycles. The van der Waals surface area contributed by atoms with Gasteiger partial charge in [0.15, 0.2) is 0 Å². The Balaban J connectivity index is 1.83. The Morgan fingerprint density at radius 1 is 1.33 bits per heavy atom. The lowest BCUT2D eigenvalue weighted by Gasteiger charge is -2.33. The molecule has 0 radical (unpaired) electrons. The van der Waals surface area contributed by atoms with Crippen LogP contribution >= 0.6 is 0 Å². The summed E-state index contributed by atoms with van der Waals surface area (Å²) in [6.45, 7) is 9.71. The maximum atomic E-state index is 12.1. The van der Waals surface area contributed by atoms with E-state index in [4.69, 9.17) is 4.74 Å². The van der Waals surface area contributed by atoms with Gasteiger partial charge in [-0.2, -0.15) is 0 Å². The first kappa shape index (κ1) is 18.8. The Morgan fingerprint density at radius 2 is 2.08 bits per heavy atom. The van der Waals surface area contributed by atoms with Crippen molar-refractivity contribution in [2.45, 2.75) is 65.0 Å². The van der Waals surface area contributed by atoms with Crippen molar-refractivity contribution in [2.24, 2.45) is 5.92 Å². The third-order valence-corrected chi connectivity index (χ3v) is 4.61. The van der Waals surface area contributed by atoms with Crippen molar-refractivity contribution in [1.29, 1.82) is 0 Å². The van der Waals surface area contributed by atoms with E-state index in [0.29, 0.717) is 5.92 Å². The number of amides is 1. The van der Waals surface area contributed by atoms with Gasteiger partial charge in [-0.15, -0.1) is 0 Å². The van der Waals surface area contributed by atoms with Gasteiger partial charge in [0.1, 0.15) is 5.60 Å². The molecule has 134 valence electrons. The molecule has 1 aliphatic rings. The van der Waals surface area contributed by atoms with Crippen LogP contribution in [0.1, 0.15) is 51.2 Å². The second-order valence-electron chi connectivity index (χ2n) is 7.82. The Bertz CT molecular complexity index is 537. The first-order valence-corrected chi connectivity index (χ1v) is 9.10. The van der Waals surface area contributed by atoms with E-state index in [-0.39, 0.29) is 12.1 Å². The second-order valence-corrected chi connectivity index (χ2v) is 7.82. The topological polar surface area (TPSA) is 50.4 Å². The number of nitrogens with one attached hydrogen (secondary N) is 2. The third-order valence-electron chi connectivity index (χ3n) is 4.61. The van der Waals surface area contributed by atoms with Crippen LogP contribution in [-0.2, 0) is 11.2 Å². The highest BCUT2D eigenvalue weighted by Crippen LogP contribution is 2.21. The molecule has 0 bridgehead atoms. The highest BCUT2D eigenvalue weighted by molar-refractivity contribution is 5.68. The number of ether oxygens (including phenoxy) is 1. The van der Waals surface area contributed by atoms with E-state index in [2.05, 4.69) is 41.8 Å². The van der Waals surface area contributed by atoms with Crippen molar-refractivity contribution in [3.05, 3.63) is 35.4 Å². The van der Waals surface area contributed by atoms with Gasteiger partial charge in [-0.25, -0.2) is 4.79 Å². The maximum Gasteiger partial charge on any atom is 0.407 e. The van der Waals surface area contributed by atoms with E-state index in [1.165, 1.54) is 11.1 Å². The monoisotopic (exact) mass is 332 g/mol. The minimum Gasteiger partial charge on any atom is -0.444 e. The molecule has 0 aromatic heterocycles. The summed E-state index contributed by atoms with van der Waals surface area (Å²) in [6.07, 6.45) is 4.20. The second kappa shape index (κ2) is 8.52. The van der Waals surface area contributed by atoms with E-state index < -0.39 is 5.60 Å². The summed E-state index contributed by atoms with van der Waals surface area (Å²) in [5.41, 5.74) is 2.35. The van der Waals surface area contributed by atoms with Crippen LogP contribution in [0.25, 0.3) is 0 Å². The average Bonchev–Trinajstić information content (AvgIpc) is 2.49. The molecule has 1 aromatic carbocycles. The van der Waals surface area contributed by atoms with Gasteiger partial charge in [0, 0.05) is 12.6 Å². The van der Waals surface area contributed by atoms with Gasteiger partial charge in [0.05, 0.1) is 0 Å². The van der Waals surface area contributed by atoms with Gasteiger partial charge < -0.3 is 15.4 Å². The third kappa shape index (κ3) is 6.16. The van der Waals surface area contributed by atoms with Crippen molar-refractivity contribution in [2.75, 3.05) is 13.1 Å². The summed E-state index contributed by atoms with van der Waals surface area (Å²) >= 11 is 0. The van der Waals surface area contributed by atoms with E-state index in [9.17, 15) is 4.79 Å². The molecule has 2 rings (SSSR count). The quantitative estimate of drug-likeness (QED) is 0.862. The fourth-order valence-electron chi connectivity index (χ4n) is 3.33. The first-order chi connectivity index (χ1) is 11.3. The first-order valence-electron chi connectivity index (χ1n) is 9.10. The zero-order chi connectivity index (χ0) is 17.6. The van der Waals surface area contributed by atoms with Gasteiger partial charge in [0.25, 0.3) is 0 Å². The predicted molar refractivity (Wildman–Crippen MR) is 98.3 cm³/mol. The van der Waals surface area contributed by atoms with Crippen LogP contribution in [-0.4, -0.2) is 30.8 Å². The van der Waals surface area contributed by atoms with E-state index >= 15 is 0 Å². The van der Waals surface area contributed by atoms with E-state index in [1.54, 1.807) is 0 Å². The molecule has 1 amide bonds. The van der Waals surface area contributed by atoms with Crippen LogP contribution in [0.5, 0.6) is 0 Å². The lowest BCUT2D eigenvalue weighted by molar-refractivity contribution is 0.0472. The summed E-state index contributed by atoms with van der Waals surface area (Å²) in [4.78, 5) is 12.1. The zero-order valence-corrected chi connectivity index (χ0v) is 15.5. The highest BCUT2D eigenvalue weighted by atomic mass is 16.6. The summed E-state index contributed by atoms with van der Waals surface area (Å²) < 4.78 is 5.40. The number of alkyl carbamates (subject to hydrolysis) is 1. The fraction of sp³-hybridized carbons (Fsp3) is 0.650. The molecule has 1 aromatic rings. The van der Waals surface area contributed by atoms with Crippen LogP contribution < -0.4 is 10.6 Å². The molecule has 1 fully saturated rings. The van der Waals surface area contributed by atoms with Crippen molar-refractivity contribution >= 4 is 6.09 Å². The fourth-order valence-corrected chi connectivity index (χ4v) is 3.33. The lowest BCUT2D eigenvalue weighted by Crippen LogP contribution is -2.52. The maximum absolute atomic E-state index is 12.1. The van der Waals surface area contributed by atoms with Gasteiger partial charge in [0.2, 0.25) is 0 Å². The highest BCUT2D eigenvalue weighted by Gasteiger charge is 2.27. The lowest BCUT2D eigenvalue weighted by atomic mass is 9.87. The summed E-state index contributed by atoms with van der Waals surface area (Å²) in [5, 5.41) is 6.44. The normalized spacial score (nSPS) is 21.3. The number of piperidine rings is 1. The standard InChI is InChI=1S/C20H32N2O2/c1-15-8-5-6-9-16(15)10-7-11-17-12-13-21-14-18(17)22-19(23)24-20(2,3)4/h5-6,8-9,17-18,21H,7,10-14H2,1-4H3,(H,22,23). The molecule has 2 N–H and O–H groups in total. The van der Waals surface area contributed by atoms with E-state index in [1.807, 2.05) is 20.8 Å². The SMILES string of the molecule is Cc1ccccc1CCCC1CCNCC1NC(=O)OC(C)(C)C. The van der Waals surface area contributed by atoms with Crippen LogP contribution in [0.3, 0.4) is 0 Å². The van der Waals surface area contributed by atoms with Gasteiger partial charge in [-0.3, -0.25) is 0 Å². The minimum absolute atomic E-state index is 0.158. The summed E-state index contributed by atoms with van der Waals surface area (Å²) in [6, 6.07) is 8.75. The Hall–Kier alpha value is -1.55. The molecule has 0 spiro atoms. The summed E-state index contributed by atoms with van der Waals surface area (Å²) in [7, 11) is 0. The van der Waals surface area contributed by atoms with Crippen LogP contribution in [0.2, 0.25) is 0 Å².